The molecule has 3 aromatic rings. The first-order chi connectivity index (χ1) is 12.5. The number of aryl methyl sites for hydroxylation is 1. The van der Waals surface area contributed by atoms with Gasteiger partial charge in [0, 0.05) is 36.4 Å². The number of H-pyrrole nitrogens is 1. The molecule has 1 aliphatic rings. The number of imidazole rings is 1. The van der Waals surface area contributed by atoms with Crippen LogP contribution in [0.15, 0.2) is 47.3 Å². The molecule has 0 unspecified atom stereocenters. The van der Waals surface area contributed by atoms with Crippen molar-refractivity contribution in [3.05, 3.63) is 68.6 Å². The zero-order valence-electron chi connectivity index (χ0n) is 14.5. The van der Waals surface area contributed by atoms with Gasteiger partial charge >= 0.3 is 5.69 Å². The third kappa shape index (κ3) is 2.75. The van der Waals surface area contributed by atoms with Crippen LogP contribution in [-0.4, -0.2) is 27.6 Å². The quantitative estimate of drug-likeness (QED) is 0.578. The molecule has 0 spiro atoms. The topological polar surface area (TPSA) is 84.2 Å². The van der Waals surface area contributed by atoms with E-state index < -0.39 is 0 Å². The zero-order valence-corrected chi connectivity index (χ0v) is 14.5. The third-order valence-electron chi connectivity index (χ3n) is 5.20. The number of para-hydroxylation sites is 2. The number of aromatic amines is 1. The van der Waals surface area contributed by atoms with Gasteiger partial charge in [-0.2, -0.15) is 0 Å². The standard InChI is InChI=1S/C19H20N4O3/c1-13-12-15(6-7-17(13)23(25)26)21-10-8-14(9-11-21)22-18-5-3-2-4-16(18)20-19(22)24/h2-7,12,14H,8-11H2,1H3,(H,20,24). The number of rotatable bonds is 3. The molecule has 1 aliphatic heterocycles. The lowest BCUT2D eigenvalue weighted by molar-refractivity contribution is -0.385. The number of nitro groups is 1. The Morgan fingerprint density at radius 1 is 1.15 bits per heavy atom. The van der Waals surface area contributed by atoms with Gasteiger partial charge in [-0.25, -0.2) is 4.79 Å². The Kier molecular flexibility index (Phi) is 3.99. The number of hydrogen-bond donors (Lipinski definition) is 1. The van der Waals surface area contributed by atoms with Gasteiger partial charge in [0.05, 0.1) is 16.0 Å². The van der Waals surface area contributed by atoms with Crippen molar-refractivity contribution >= 4 is 22.4 Å². The first kappa shape index (κ1) is 16.4. The Labute approximate surface area is 150 Å². The predicted molar refractivity (Wildman–Crippen MR) is 101 cm³/mol. The molecule has 0 amide bonds. The minimum absolute atomic E-state index is 0.0594. The molecular weight excluding hydrogens is 332 g/mol. The lowest BCUT2D eigenvalue weighted by Gasteiger charge is -2.34. The molecule has 26 heavy (non-hydrogen) atoms. The minimum Gasteiger partial charge on any atom is -0.371 e. The number of anilines is 1. The van der Waals surface area contributed by atoms with E-state index in [1.807, 2.05) is 41.0 Å². The summed E-state index contributed by atoms with van der Waals surface area (Å²) in [6, 6.07) is 13.2. The highest BCUT2D eigenvalue weighted by Crippen LogP contribution is 2.30. The van der Waals surface area contributed by atoms with Crippen molar-refractivity contribution in [2.75, 3.05) is 18.0 Å². The molecule has 134 valence electrons. The van der Waals surface area contributed by atoms with Gasteiger partial charge in [-0.3, -0.25) is 14.7 Å². The van der Waals surface area contributed by atoms with E-state index in [0.29, 0.717) is 5.56 Å². The first-order valence-electron chi connectivity index (χ1n) is 8.74. The van der Waals surface area contributed by atoms with Crippen molar-refractivity contribution in [3.8, 4) is 0 Å². The van der Waals surface area contributed by atoms with Crippen LogP contribution in [0.5, 0.6) is 0 Å². The van der Waals surface area contributed by atoms with Gasteiger partial charge in [-0.1, -0.05) is 12.1 Å². The second kappa shape index (κ2) is 6.33. The Balaban J connectivity index is 1.54. The van der Waals surface area contributed by atoms with Crippen LogP contribution in [0.4, 0.5) is 11.4 Å². The fraction of sp³-hybridized carbons (Fsp3) is 0.316. The average Bonchev–Trinajstić information content (AvgIpc) is 2.97. The molecule has 0 aliphatic carbocycles. The highest BCUT2D eigenvalue weighted by Gasteiger charge is 2.24. The maximum absolute atomic E-state index is 12.4. The lowest BCUT2D eigenvalue weighted by atomic mass is 10.0. The van der Waals surface area contributed by atoms with Crippen LogP contribution in [0.25, 0.3) is 11.0 Å². The fourth-order valence-corrected chi connectivity index (χ4v) is 3.86. The minimum atomic E-state index is -0.352. The van der Waals surface area contributed by atoms with Crippen molar-refractivity contribution in [3.63, 3.8) is 0 Å². The molecule has 2 aromatic carbocycles. The van der Waals surface area contributed by atoms with Crippen molar-refractivity contribution in [2.24, 2.45) is 0 Å². The maximum Gasteiger partial charge on any atom is 0.326 e. The Bertz CT molecular complexity index is 1030. The molecule has 1 fully saturated rings. The van der Waals surface area contributed by atoms with E-state index in [4.69, 9.17) is 0 Å². The number of nitrogens with zero attached hydrogens (tertiary/aromatic N) is 3. The summed E-state index contributed by atoms with van der Waals surface area (Å²) in [4.78, 5) is 28.1. The number of aromatic nitrogens is 2. The van der Waals surface area contributed by atoms with Crippen LogP contribution >= 0.6 is 0 Å². The number of nitrogens with one attached hydrogen (secondary N) is 1. The van der Waals surface area contributed by atoms with Gasteiger partial charge in [-0.15, -0.1) is 0 Å². The first-order valence-corrected chi connectivity index (χ1v) is 8.74. The van der Waals surface area contributed by atoms with Crippen molar-refractivity contribution in [1.29, 1.82) is 0 Å². The summed E-state index contributed by atoms with van der Waals surface area (Å²) in [6.45, 7) is 3.39. The second-order valence-electron chi connectivity index (χ2n) is 6.76. The normalized spacial score (nSPS) is 15.5. The molecular formula is C19H20N4O3. The van der Waals surface area contributed by atoms with E-state index >= 15 is 0 Å². The molecule has 2 heterocycles. The smallest absolute Gasteiger partial charge is 0.326 e. The van der Waals surface area contributed by atoms with E-state index in [0.717, 1.165) is 42.7 Å². The van der Waals surface area contributed by atoms with Crippen LogP contribution in [-0.2, 0) is 0 Å². The molecule has 7 nitrogen and oxygen atoms in total. The Hall–Kier alpha value is -3.09. The van der Waals surface area contributed by atoms with E-state index in [2.05, 4.69) is 9.88 Å². The molecule has 0 atom stereocenters. The summed E-state index contributed by atoms with van der Waals surface area (Å²) in [5.74, 6) is 0. The van der Waals surface area contributed by atoms with Gasteiger partial charge < -0.3 is 9.88 Å². The summed E-state index contributed by atoms with van der Waals surface area (Å²) >= 11 is 0. The van der Waals surface area contributed by atoms with E-state index in [1.54, 1.807) is 13.0 Å². The fourth-order valence-electron chi connectivity index (χ4n) is 3.86. The second-order valence-corrected chi connectivity index (χ2v) is 6.76. The van der Waals surface area contributed by atoms with E-state index in [-0.39, 0.29) is 22.3 Å². The van der Waals surface area contributed by atoms with E-state index in [9.17, 15) is 14.9 Å². The van der Waals surface area contributed by atoms with Crippen LogP contribution in [0.3, 0.4) is 0 Å². The molecule has 0 saturated carbocycles. The summed E-state index contributed by atoms with van der Waals surface area (Å²) in [5, 5.41) is 11.0. The number of nitro benzene ring substituents is 1. The van der Waals surface area contributed by atoms with Crippen LogP contribution in [0, 0.1) is 17.0 Å². The maximum atomic E-state index is 12.4. The molecule has 7 heteroatoms. The number of piperidine rings is 1. The lowest BCUT2D eigenvalue weighted by Crippen LogP contribution is -2.37. The molecule has 1 N–H and O–H groups in total. The Morgan fingerprint density at radius 3 is 2.58 bits per heavy atom. The molecule has 4 rings (SSSR count). The van der Waals surface area contributed by atoms with Crippen LogP contribution in [0.2, 0.25) is 0 Å². The number of benzene rings is 2. The number of hydrogen-bond acceptors (Lipinski definition) is 4. The van der Waals surface area contributed by atoms with Gasteiger partial charge in [0.25, 0.3) is 5.69 Å². The summed E-state index contributed by atoms with van der Waals surface area (Å²) < 4.78 is 1.87. The van der Waals surface area contributed by atoms with Crippen LogP contribution in [0.1, 0.15) is 24.4 Å². The SMILES string of the molecule is Cc1cc(N2CCC(n3c(=O)[nH]c4ccccc43)CC2)ccc1[N+](=O)[O-]. The van der Waals surface area contributed by atoms with Gasteiger partial charge in [0.2, 0.25) is 0 Å². The van der Waals surface area contributed by atoms with Crippen molar-refractivity contribution < 1.29 is 4.92 Å². The van der Waals surface area contributed by atoms with Gasteiger partial charge in [0.1, 0.15) is 0 Å². The average molecular weight is 352 g/mol. The van der Waals surface area contributed by atoms with Crippen molar-refractivity contribution in [1.82, 2.24) is 9.55 Å². The van der Waals surface area contributed by atoms with Crippen LogP contribution < -0.4 is 10.6 Å². The molecule has 1 saturated heterocycles. The molecule has 1 aromatic heterocycles. The van der Waals surface area contributed by atoms with Gasteiger partial charge in [0.15, 0.2) is 0 Å². The van der Waals surface area contributed by atoms with E-state index in [1.165, 1.54) is 0 Å². The van der Waals surface area contributed by atoms with Crippen molar-refractivity contribution in [2.45, 2.75) is 25.8 Å². The Morgan fingerprint density at radius 2 is 1.88 bits per heavy atom. The largest absolute Gasteiger partial charge is 0.371 e. The summed E-state index contributed by atoms with van der Waals surface area (Å²) in [5.41, 5.74) is 3.57. The highest BCUT2D eigenvalue weighted by molar-refractivity contribution is 5.75. The molecule has 0 bridgehead atoms. The highest BCUT2D eigenvalue weighted by atomic mass is 16.6. The predicted octanol–water partition coefficient (Wildman–Crippen LogP) is 3.39. The third-order valence-corrected chi connectivity index (χ3v) is 5.20. The number of fused-ring (bicyclic) bond motifs is 1. The molecule has 0 radical (unpaired) electrons. The summed E-state index contributed by atoms with van der Waals surface area (Å²) in [6.07, 6.45) is 1.72. The summed E-state index contributed by atoms with van der Waals surface area (Å²) in [7, 11) is 0. The zero-order chi connectivity index (χ0) is 18.3. The monoisotopic (exact) mass is 352 g/mol. The van der Waals surface area contributed by atoms with Gasteiger partial charge in [-0.05, 0) is 44.0 Å².